The summed E-state index contributed by atoms with van der Waals surface area (Å²) in [4.78, 5) is 29.9. The lowest BCUT2D eigenvalue weighted by atomic mass is 9.97. The normalized spacial score (nSPS) is 16.8. The van der Waals surface area contributed by atoms with E-state index < -0.39 is 5.97 Å². The van der Waals surface area contributed by atoms with E-state index in [0.717, 1.165) is 12.2 Å². The van der Waals surface area contributed by atoms with E-state index in [9.17, 15) is 9.59 Å². The van der Waals surface area contributed by atoms with Gasteiger partial charge in [0.2, 0.25) is 5.91 Å². The van der Waals surface area contributed by atoms with E-state index in [4.69, 9.17) is 9.47 Å². The maximum Gasteiger partial charge on any atom is 0.356 e. The third-order valence-corrected chi connectivity index (χ3v) is 4.96. The fourth-order valence-electron chi connectivity index (χ4n) is 3.40. The van der Waals surface area contributed by atoms with Gasteiger partial charge in [-0.15, -0.1) is 0 Å². The molecule has 3 rings (SSSR count). The molecule has 8 nitrogen and oxygen atoms in total. The summed E-state index contributed by atoms with van der Waals surface area (Å²) in [6.45, 7) is 10.6. The second kappa shape index (κ2) is 8.41. The van der Waals surface area contributed by atoms with E-state index in [2.05, 4.69) is 36.4 Å². The summed E-state index contributed by atoms with van der Waals surface area (Å²) in [5.41, 5.74) is 2.31. The van der Waals surface area contributed by atoms with Crippen molar-refractivity contribution in [3.63, 3.8) is 0 Å². The number of fused-ring (bicyclic) bond motifs is 1. The topological polar surface area (TPSA) is 94.5 Å². The summed E-state index contributed by atoms with van der Waals surface area (Å²) >= 11 is 0. The molecule has 0 bridgehead atoms. The van der Waals surface area contributed by atoms with E-state index in [0.29, 0.717) is 48.6 Å². The number of aryl methyl sites for hydroxylation is 1. The van der Waals surface area contributed by atoms with Crippen LogP contribution in [0.1, 0.15) is 44.6 Å². The minimum absolute atomic E-state index is 0.0982. The average molecular weight is 402 g/mol. The fourth-order valence-corrected chi connectivity index (χ4v) is 3.40. The third kappa shape index (κ3) is 4.53. The monoisotopic (exact) mass is 402 g/mol. The number of anilines is 2. The Hall–Kier alpha value is -2.61. The van der Waals surface area contributed by atoms with Gasteiger partial charge in [-0.2, -0.15) is 0 Å². The molecule has 1 aliphatic rings. The molecule has 2 aromatic rings. The molecule has 0 aromatic carbocycles. The number of aromatic nitrogens is 2. The van der Waals surface area contributed by atoms with E-state index in [1.165, 1.54) is 7.11 Å². The van der Waals surface area contributed by atoms with Crippen LogP contribution in [0.2, 0.25) is 0 Å². The first-order valence-corrected chi connectivity index (χ1v) is 9.98. The first-order chi connectivity index (χ1) is 13.7. The number of carbonyl (C=O) groups is 2. The molecule has 1 saturated heterocycles. The zero-order valence-corrected chi connectivity index (χ0v) is 17.8. The van der Waals surface area contributed by atoms with Gasteiger partial charge in [0.15, 0.2) is 5.69 Å². The van der Waals surface area contributed by atoms with Crippen LogP contribution in [-0.4, -0.2) is 48.3 Å². The molecule has 2 N–H and O–H groups in total. The van der Waals surface area contributed by atoms with Crippen LogP contribution >= 0.6 is 0 Å². The Balaban J connectivity index is 2.07. The van der Waals surface area contributed by atoms with Crippen LogP contribution in [-0.2, 0) is 20.8 Å². The molecule has 0 saturated carbocycles. The van der Waals surface area contributed by atoms with Crippen molar-refractivity contribution in [3.05, 3.63) is 18.0 Å². The number of hydrogen-bond acceptors (Lipinski definition) is 6. The summed E-state index contributed by atoms with van der Waals surface area (Å²) in [6, 6.07) is 1.92. The Bertz CT molecular complexity index is 908. The number of esters is 1. The maximum absolute atomic E-state index is 12.8. The van der Waals surface area contributed by atoms with Gasteiger partial charge in [0, 0.05) is 25.1 Å². The zero-order valence-electron chi connectivity index (χ0n) is 17.8. The van der Waals surface area contributed by atoms with Crippen LogP contribution < -0.4 is 10.6 Å². The van der Waals surface area contributed by atoms with Crippen LogP contribution in [0.15, 0.2) is 12.3 Å². The highest BCUT2D eigenvalue weighted by molar-refractivity contribution is 6.11. The Morgan fingerprint density at radius 2 is 2.14 bits per heavy atom. The van der Waals surface area contributed by atoms with Crippen molar-refractivity contribution >= 4 is 34.3 Å². The SMILES string of the molecule is CCn1c(C(=O)OC)c(NC(=O)[C@@H]2CCOC2)c2cc(NCC(C)(C)C)cnc21. The van der Waals surface area contributed by atoms with Gasteiger partial charge in [0.05, 0.1) is 37.2 Å². The maximum atomic E-state index is 12.8. The Labute approximate surface area is 171 Å². The first-order valence-electron chi connectivity index (χ1n) is 9.98. The van der Waals surface area contributed by atoms with Crippen LogP contribution in [0.4, 0.5) is 11.4 Å². The van der Waals surface area contributed by atoms with Gasteiger partial charge in [0.1, 0.15) is 5.65 Å². The molecule has 0 unspecified atom stereocenters. The van der Waals surface area contributed by atoms with Crippen LogP contribution in [0.5, 0.6) is 0 Å². The number of nitrogens with zero attached hydrogens (tertiary/aromatic N) is 2. The molecule has 8 heteroatoms. The summed E-state index contributed by atoms with van der Waals surface area (Å²) in [7, 11) is 1.33. The molecule has 1 atom stereocenters. The van der Waals surface area contributed by atoms with E-state index in [1.54, 1.807) is 10.8 Å². The Morgan fingerprint density at radius 1 is 1.38 bits per heavy atom. The number of methoxy groups -OCH3 is 1. The predicted molar refractivity (Wildman–Crippen MR) is 112 cm³/mol. The number of ether oxygens (including phenoxy) is 2. The number of hydrogen-bond donors (Lipinski definition) is 2. The molecule has 29 heavy (non-hydrogen) atoms. The van der Waals surface area contributed by atoms with Gasteiger partial charge < -0.3 is 24.7 Å². The van der Waals surface area contributed by atoms with Crippen molar-refractivity contribution in [1.29, 1.82) is 0 Å². The smallest absolute Gasteiger partial charge is 0.356 e. The molecule has 158 valence electrons. The zero-order chi connectivity index (χ0) is 21.2. The number of pyridine rings is 1. The van der Waals surface area contributed by atoms with Crippen molar-refractivity contribution < 1.29 is 19.1 Å². The largest absolute Gasteiger partial charge is 0.464 e. The Kier molecular flexibility index (Phi) is 6.12. The highest BCUT2D eigenvalue weighted by atomic mass is 16.5. The summed E-state index contributed by atoms with van der Waals surface area (Å²) in [5, 5.41) is 7.05. The van der Waals surface area contributed by atoms with Gasteiger partial charge in [0.25, 0.3) is 0 Å². The molecule has 0 radical (unpaired) electrons. The molecular weight excluding hydrogens is 372 g/mol. The van der Waals surface area contributed by atoms with Crippen LogP contribution in [0.25, 0.3) is 11.0 Å². The molecule has 2 aromatic heterocycles. The first kappa shape index (κ1) is 21.1. The second-order valence-corrected chi connectivity index (χ2v) is 8.52. The minimum Gasteiger partial charge on any atom is -0.464 e. The highest BCUT2D eigenvalue weighted by Crippen LogP contribution is 2.33. The van der Waals surface area contributed by atoms with Gasteiger partial charge in [-0.3, -0.25) is 4.79 Å². The lowest BCUT2D eigenvalue weighted by molar-refractivity contribution is -0.119. The van der Waals surface area contributed by atoms with Crippen LogP contribution in [0.3, 0.4) is 0 Å². The summed E-state index contributed by atoms with van der Waals surface area (Å²) in [6.07, 6.45) is 2.42. The summed E-state index contributed by atoms with van der Waals surface area (Å²) in [5.74, 6) is -0.890. The van der Waals surface area contributed by atoms with Crippen molar-refractivity contribution in [2.45, 2.75) is 40.7 Å². The quantitative estimate of drug-likeness (QED) is 0.720. The summed E-state index contributed by atoms with van der Waals surface area (Å²) < 4.78 is 12.1. The molecule has 3 heterocycles. The minimum atomic E-state index is -0.507. The standard InChI is InChI=1S/C21H30N4O4/c1-6-25-17(20(27)28-5)16(24-19(26)13-7-8-29-11-13)15-9-14(10-22-18(15)25)23-12-21(2,3)4/h9-10,13,23H,6-8,11-12H2,1-5H3,(H,24,26)/t13-/m1/s1. The predicted octanol–water partition coefficient (Wildman–Crippen LogP) is 3.28. The van der Waals surface area contributed by atoms with Crippen molar-refractivity contribution in [2.24, 2.45) is 11.3 Å². The van der Waals surface area contributed by atoms with Crippen molar-refractivity contribution in [1.82, 2.24) is 9.55 Å². The third-order valence-electron chi connectivity index (χ3n) is 4.96. The van der Waals surface area contributed by atoms with Gasteiger partial charge in [-0.1, -0.05) is 20.8 Å². The highest BCUT2D eigenvalue weighted by Gasteiger charge is 2.29. The number of carbonyl (C=O) groups excluding carboxylic acids is 2. The molecule has 1 amide bonds. The lowest BCUT2D eigenvalue weighted by Crippen LogP contribution is -2.24. The lowest BCUT2D eigenvalue weighted by Gasteiger charge is -2.19. The van der Waals surface area contributed by atoms with Crippen LogP contribution in [0, 0.1) is 11.3 Å². The van der Waals surface area contributed by atoms with E-state index in [-0.39, 0.29) is 17.2 Å². The average Bonchev–Trinajstić information content (AvgIpc) is 3.31. The number of amides is 1. The Morgan fingerprint density at radius 3 is 2.72 bits per heavy atom. The molecule has 1 aliphatic heterocycles. The van der Waals surface area contributed by atoms with Crippen molar-refractivity contribution in [2.75, 3.05) is 37.5 Å². The molecule has 0 aliphatic carbocycles. The molecule has 0 spiro atoms. The van der Waals surface area contributed by atoms with Gasteiger partial charge >= 0.3 is 5.97 Å². The second-order valence-electron chi connectivity index (χ2n) is 8.52. The van der Waals surface area contributed by atoms with E-state index in [1.807, 2.05) is 13.0 Å². The van der Waals surface area contributed by atoms with Gasteiger partial charge in [-0.05, 0) is 24.8 Å². The fraction of sp³-hybridized carbons (Fsp3) is 0.571. The molecular formula is C21H30N4O4. The van der Waals surface area contributed by atoms with Gasteiger partial charge in [-0.25, -0.2) is 9.78 Å². The van der Waals surface area contributed by atoms with Crippen molar-refractivity contribution in [3.8, 4) is 0 Å². The molecule has 1 fully saturated rings. The number of nitrogens with one attached hydrogen (secondary N) is 2. The number of rotatable bonds is 6. The van der Waals surface area contributed by atoms with E-state index >= 15 is 0 Å².